The fraction of sp³-hybridized carbons (Fsp3) is 0.412. The average Bonchev–Trinajstić information content (AvgIpc) is 2.86. The van der Waals surface area contributed by atoms with Gasteiger partial charge in [0.25, 0.3) is 0 Å². The minimum Gasteiger partial charge on any atom is -0.477 e. The molecular weight excluding hydrogens is 280 g/mol. The van der Waals surface area contributed by atoms with Gasteiger partial charge < -0.3 is 14.6 Å². The Bertz CT molecular complexity index is 727. The fourth-order valence-electron chi connectivity index (χ4n) is 3.12. The van der Waals surface area contributed by atoms with Gasteiger partial charge in [-0.25, -0.2) is 4.79 Å². The lowest BCUT2D eigenvalue weighted by Crippen LogP contribution is -2.38. The van der Waals surface area contributed by atoms with Gasteiger partial charge in [0.2, 0.25) is 5.91 Å². The maximum absolute atomic E-state index is 12.5. The van der Waals surface area contributed by atoms with Crippen molar-refractivity contribution in [1.29, 1.82) is 0 Å². The quantitative estimate of drug-likeness (QED) is 0.948. The summed E-state index contributed by atoms with van der Waals surface area (Å²) in [5.41, 5.74) is 2.04. The van der Waals surface area contributed by atoms with Crippen LogP contribution in [0.25, 0.3) is 10.9 Å². The fourth-order valence-corrected chi connectivity index (χ4v) is 3.12. The first-order valence-electron chi connectivity index (χ1n) is 7.67. The number of likely N-dealkylation sites (tertiary alicyclic amines) is 1. The van der Waals surface area contributed by atoms with Crippen molar-refractivity contribution >= 4 is 22.8 Å². The molecule has 5 nitrogen and oxygen atoms in total. The molecule has 1 N–H and O–H groups in total. The molecule has 0 spiro atoms. The second-order valence-corrected chi connectivity index (χ2v) is 5.92. The van der Waals surface area contributed by atoms with Crippen molar-refractivity contribution in [2.24, 2.45) is 0 Å². The van der Waals surface area contributed by atoms with Gasteiger partial charge in [-0.05, 0) is 44.4 Å². The lowest BCUT2D eigenvalue weighted by atomic mass is 10.1. The number of piperidine rings is 1. The summed E-state index contributed by atoms with van der Waals surface area (Å²) in [6.45, 7) is 3.61. The van der Waals surface area contributed by atoms with Crippen molar-refractivity contribution in [1.82, 2.24) is 9.47 Å². The molecular formula is C17H20N2O3. The summed E-state index contributed by atoms with van der Waals surface area (Å²) >= 11 is 0. The van der Waals surface area contributed by atoms with E-state index in [0.29, 0.717) is 0 Å². The van der Waals surface area contributed by atoms with Gasteiger partial charge in [0, 0.05) is 24.0 Å². The first-order valence-corrected chi connectivity index (χ1v) is 7.67. The number of hydrogen-bond donors (Lipinski definition) is 1. The minimum atomic E-state index is -1.000. The monoisotopic (exact) mass is 300 g/mol. The molecule has 1 aromatic carbocycles. The van der Waals surface area contributed by atoms with Crippen LogP contribution >= 0.6 is 0 Å². The Labute approximate surface area is 129 Å². The van der Waals surface area contributed by atoms with E-state index in [-0.39, 0.29) is 18.1 Å². The van der Waals surface area contributed by atoms with Crippen LogP contribution in [0.1, 0.15) is 35.3 Å². The molecule has 0 atom stereocenters. The van der Waals surface area contributed by atoms with Gasteiger partial charge in [0.15, 0.2) is 0 Å². The molecule has 1 aliphatic heterocycles. The van der Waals surface area contributed by atoms with E-state index in [2.05, 4.69) is 0 Å². The topological polar surface area (TPSA) is 62.5 Å². The maximum Gasteiger partial charge on any atom is 0.352 e. The van der Waals surface area contributed by atoms with Crippen molar-refractivity contribution in [3.05, 3.63) is 35.5 Å². The lowest BCUT2D eigenvalue weighted by molar-refractivity contribution is -0.132. The van der Waals surface area contributed by atoms with Crippen LogP contribution in [0.4, 0.5) is 0 Å². The van der Waals surface area contributed by atoms with E-state index in [9.17, 15) is 14.7 Å². The Morgan fingerprint density at radius 2 is 1.86 bits per heavy atom. The van der Waals surface area contributed by atoms with Crippen molar-refractivity contribution in [2.75, 3.05) is 13.1 Å². The third-order valence-electron chi connectivity index (χ3n) is 4.28. The van der Waals surface area contributed by atoms with E-state index < -0.39 is 5.97 Å². The highest BCUT2D eigenvalue weighted by molar-refractivity contribution is 5.96. The van der Waals surface area contributed by atoms with E-state index in [4.69, 9.17) is 0 Å². The Balaban J connectivity index is 1.95. The standard InChI is InChI=1S/C17H20N2O3/c1-12-5-6-14-13(9-12)10-15(17(21)22)19(14)11-16(20)18-7-3-2-4-8-18/h5-6,9-10H,2-4,7-8,11H2,1H3,(H,21,22). The minimum absolute atomic E-state index is 0.000255. The number of carboxylic acids is 1. The van der Waals surface area contributed by atoms with Gasteiger partial charge >= 0.3 is 5.97 Å². The highest BCUT2D eigenvalue weighted by atomic mass is 16.4. The highest BCUT2D eigenvalue weighted by Gasteiger charge is 2.21. The lowest BCUT2D eigenvalue weighted by Gasteiger charge is -2.27. The second-order valence-electron chi connectivity index (χ2n) is 5.92. The maximum atomic E-state index is 12.5. The summed E-state index contributed by atoms with van der Waals surface area (Å²) in [4.78, 5) is 25.8. The SMILES string of the molecule is Cc1ccc2c(c1)cc(C(=O)O)n2CC(=O)N1CCCCC1. The van der Waals surface area contributed by atoms with Crippen molar-refractivity contribution in [2.45, 2.75) is 32.7 Å². The number of carbonyl (C=O) groups excluding carboxylic acids is 1. The van der Waals surface area contributed by atoms with Gasteiger partial charge in [0.1, 0.15) is 12.2 Å². The number of carboxylic acid groups (broad SMARTS) is 1. The normalized spacial score (nSPS) is 15.2. The first kappa shape index (κ1) is 14.6. The van der Waals surface area contributed by atoms with E-state index in [1.165, 1.54) is 0 Å². The molecule has 1 aromatic heterocycles. The highest BCUT2D eigenvalue weighted by Crippen LogP contribution is 2.22. The number of carbonyl (C=O) groups is 2. The molecule has 0 unspecified atom stereocenters. The molecule has 0 bridgehead atoms. The van der Waals surface area contributed by atoms with E-state index >= 15 is 0 Å². The molecule has 22 heavy (non-hydrogen) atoms. The number of benzene rings is 1. The third-order valence-corrected chi connectivity index (χ3v) is 4.28. The zero-order valence-corrected chi connectivity index (χ0v) is 12.7. The van der Waals surface area contributed by atoms with Gasteiger partial charge in [-0.3, -0.25) is 4.79 Å². The molecule has 1 saturated heterocycles. The van der Waals surface area contributed by atoms with Crippen LogP contribution in [-0.2, 0) is 11.3 Å². The van der Waals surface area contributed by atoms with Crippen LogP contribution in [-0.4, -0.2) is 39.5 Å². The molecule has 0 saturated carbocycles. The molecule has 2 heterocycles. The zero-order valence-electron chi connectivity index (χ0n) is 12.7. The Hall–Kier alpha value is -2.30. The van der Waals surface area contributed by atoms with Crippen LogP contribution in [0.5, 0.6) is 0 Å². The predicted octanol–water partition coefficient (Wildman–Crippen LogP) is 2.66. The Morgan fingerprint density at radius 3 is 2.55 bits per heavy atom. The van der Waals surface area contributed by atoms with Gasteiger partial charge in [-0.1, -0.05) is 11.6 Å². The number of fused-ring (bicyclic) bond motifs is 1. The van der Waals surface area contributed by atoms with E-state index in [0.717, 1.165) is 48.8 Å². The molecule has 1 aliphatic rings. The number of aromatic nitrogens is 1. The molecule has 2 aromatic rings. The van der Waals surface area contributed by atoms with Crippen molar-refractivity contribution < 1.29 is 14.7 Å². The van der Waals surface area contributed by atoms with Crippen molar-refractivity contribution in [3.8, 4) is 0 Å². The molecule has 1 fully saturated rings. The Morgan fingerprint density at radius 1 is 1.14 bits per heavy atom. The van der Waals surface area contributed by atoms with Crippen LogP contribution in [0.3, 0.4) is 0 Å². The molecule has 0 radical (unpaired) electrons. The number of rotatable bonds is 3. The molecule has 3 rings (SSSR count). The first-order chi connectivity index (χ1) is 10.6. The smallest absolute Gasteiger partial charge is 0.352 e. The average molecular weight is 300 g/mol. The summed E-state index contributed by atoms with van der Waals surface area (Å²) in [6, 6.07) is 7.42. The van der Waals surface area contributed by atoms with E-state index in [1.54, 1.807) is 10.6 Å². The summed E-state index contributed by atoms with van der Waals surface area (Å²) in [6.07, 6.45) is 3.22. The third kappa shape index (κ3) is 2.71. The largest absolute Gasteiger partial charge is 0.477 e. The summed E-state index contributed by atoms with van der Waals surface area (Å²) in [5.74, 6) is -0.999. The Kier molecular flexibility index (Phi) is 3.88. The predicted molar refractivity (Wildman–Crippen MR) is 84.1 cm³/mol. The number of nitrogens with zero attached hydrogens (tertiary/aromatic N) is 2. The summed E-state index contributed by atoms with van der Waals surface area (Å²) in [5, 5.41) is 10.3. The van der Waals surface area contributed by atoms with Gasteiger partial charge in [-0.15, -0.1) is 0 Å². The number of amides is 1. The van der Waals surface area contributed by atoms with Crippen LogP contribution in [0.15, 0.2) is 24.3 Å². The van der Waals surface area contributed by atoms with E-state index in [1.807, 2.05) is 30.0 Å². The van der Waals surface area contributed by atoms with Gasteiger partial charge in [0.05, 0.1) is 0 Å². The molecule has 1 amide bonds. The molecule has 5 heteroatoms. The summed E-state index contributed by atoms with van der Waals surface area (Å²) < 4.78 is 1.62. The van der Waals surface area contributed by atoms with Crippen LogP contribution in [0.2, 0.25) is 0 Å². The summed E-state index contributed by atoms with van der Waals surface area (Å²) in [7, 11) is 0. The molecule has 0 aliphatic carbocycles. The number of hydrogen-bond acceptors (Lipinski definition) is 2. The van der Waals surface area contributed by atoms with Gasteiger partial charge in [-0.2, -0.15) is 0 Å². The zero-order chi connectivity index (χ0) is 15.7. The number of aromatic carboxylic acids is 1. The van der Waals surface area contributed by atoms with Crippen molar-refractivity contribution in [3.63, 3.8) is 0 Å². The van der Waals surface area contributed by atoms with Crippen LogP contribution < -0.4 is 0 Å². The second kappa shape index (κ2) is 5.83. The number of aryl methyl sites for hydroxylation is 1. The molecule has 116 valence electrons. The van der Waals surface area contributed by atoms with Crippen LogP contribution in [0, 0.1) is 6.92 Å².